The number of aliphatic hydroxyl groups excluding tert-OH is 1. The third-order valence-corrected chi connectivity index (χ3v) is 0. The van der Waals surface area contributed by atoms with Crippen molar-refractivity contribution in [3.05, 3.63) is 0 Å². The molecule has 0 saturated carbocycles. The first-order valence-electron chi connectivity index (χ1n) is 1.21. The SMILES string of the molecule is O=S(=O)(O)O.OC=[OH+].[Ni]. The molecule has 0 fully saturated rings. The van der Waals surface area contributed by atoms with Gasteiger partial charge in [-0.15, -0.1) is 0 Å². The van der Waals surface area contributed by atoms with E-state index in [9.17, 15) is 0 Å². The van der Waals surface area contributed by atoms with Gasteiger partial charge in [0.05, 0.1) is 0 Å². The number of hydrogen-bond donors (Lipinski definition) is 3. The molecule has 0 aromatic heterocycles. The Morgan fingerprint density at radius 3 is 1.33 bits per heavy atom. The quantitative estimate of drug-likeness (QED) is 0.203. The molecule has 0 saturated heterocycles. The first kappa shape index (κ1) is 15.9. The minimum atomic E-state index is -4.67. The largest absolute Gasteiger partial charge is 0.468 e. The summed E-state index contributed by atoms with van der Waals surface area (Å²) in [7, 11) is -4.67. The van der Waals surface area contributed by atoms with Crippen molar-refractivity contribution < 1.29 is 43.9 Å². The third kappa shape index (κ3) is 9620. The van der Waals surface area contributed by atoms with Gasteiger partial charge in [0, 0.05) is 16.5 Å². The summed E-state index contributed by atoms with van der Waals surface area (Å²) in [6.45, 7) is 0. The van der Waals surface area contributed by atoms with Crippen molar-refractivity contribution >= 4 is 16.9 Å². The van der Waals surface area contributed by atoms with Crippen LogP contribution in [0.25, 0.3) is 0 Å². The van der Waals surface area contributed by atoms with Crippen LogP contribution < -0.4 is 0 Å². The summed E-state index contributed by atoms with van der Waals surface area (Å²) in [6.07, 6.45) is 0. The van der Waals surface area contributed by atoms with E-state index >= 15 is 0 Å². The molecule has 0 spiro atoms. The molecular weight excluding hydrogens is 199 g/mol. The van der Waals surface area contributed by atoms with Crippen LogP contribution in [0.15, 0.2) is 0 Å². The zero-order valence-corrected chi connectivity index (χ0v) is 5.71. The minimum absolute atomic E-state index is 0. The van der Waals surface area contributed by atoms with Crippen LogP contribution in [0.5, 0.6) is 0 Å². The predicted molar refractivity (Wildman–Crippen MR) is 24.8 cm³/mol. The van der Waals surface area contributed by atoms with Crippen molar-refractivity contribution in [2.24, 2.45) is 0 Å². The van der Waals surface area contributed by atoms with Crippen LogP contribution in [0.3, 0.4) is 0 Å². The molecule has 0 aromatic rings. The van der Waals surface area contributed by atoms with Crippen LogP contribution >= 0.6 is 0 Å². The number of hydrogen-bond acceptors (Lipinski definition) is 2. The van der Waals surface area contributed by atoms with Crippen molar-refractivity contribution in [2.75, 3.05) is 0 Å². The van der Waals surface area contributed by atoms with E-state index in [-0.39, 0.29) is 23.0 Å². The van der Waals surface area contributed by atoms with E-state index in [1.54, 1.807) is 0 Å². The Morgan fingerprint density at radius 1 is 1.33 bits per heavy atom. The van der Waals surface area contributed by atoms with E-state index < -0.39 is 10.4 Å². The fourth-order valence-corrected chi connectivity index (χ4v) is 0. The van der Waals surface area contributed by atoms with Crippen LogP contribution in [0, 0.1) is 0 Å². The van der Waals surface area contributed by atoms with Crippen molar-refractivity contribution in [1.29, 1.82) is 0 Å². The third-order valence-electron chi connectivity index (χ3n) is 0. The number of carboxylic acid groups (broad SMARTS) is 1. The minimum Gasteiger partial charge on any atom is -0.341 e. The molecule has 0 aliphatic rings. The predicted octanol–water partition coefficient (Wildman–Crippen LogP) is -0.979. The summed E-state index contributed by atoms with van der Waals surface area (Å²) < 4.78 is 31.6. The fourth-order valence-electron chi connectivity index (χ4n) is 0. The van der Waals surface area contributed by atoms with E-state index in [2.05, 4.69) is 0 Å². The van der Waals surface area contributed by atoms with E-state index in [1.807, 2.05) is 0 Å². The second-order valence-electron chi connectivity index (χ2n) is 0.563. The molecule has 0 atom stereocenters. The fraction of sp³-hybridized carbons (Fsp3) is 0. The summed E-state index contributed by atoms with van der Waals surface area (Å²) >= 11 is 0. The smallest absolute Gasteiger partial charge is 0.341 e. The zero-order chi connectivity index (χ0) is 7.21. The molecular formula is CH5NiO6S+. The Hall–Kier alpha value is -0.166. The van der Waals surface area contributed by atoms with Crippen molar-refractivity contribution in [3.8, 4) is 0 Å². The molecule has 60 valence electrons. The van der Waals surface area contributed by atoms with Crippen LogP contribution in [0.2, 0.25) is 0 Å². The number of rotatable bonds is 0. The van der Waals surface area contributed by atoms with Gasteiger partial charge in [-0.2, -0.15) is 8.42 Å². The normalized spacial score (nSPS) is 7.78. The first-order valence-corrected chi connectivity index (χ1v) is 2.61. The maximum absolute atomic E-state index is 8.74. The molecule has 0 aliphatic carbocycles. The summed E-state index contributed by atoms with van der Waals surface area (Å²) in [6, 6.07) is 0. The Bertz CT molecular complexity index is 127. The van der Waals surface area contributed by atoms with Crippen LogP contribution in [0.1, 0.15) is 0 Å². The van der Waals surface area contributed by atoms with Gasteiger partial charge in [-0.25, -0.2) is 0 Å². The van der Waals surface area contributed by atoms with E-state index in [1.165, 1.54) is 0 Å². The molecule has 6 nitrogen and oxygen atoms in total. The van der Waals surface area contributed by atoms with Gasteiger partial charge in [0.25, 0.3) is 0 Å². The average molecular weight is 204 g/mol. The topological polar surface area (TPSA) is 116 Å². The molecule has 0 heterocycles. The standard InChI is InChI=1S/CH2O2.Ni.H2O4S/c2-1-3;;1-5(2,3)4/h1H,(H,2,3);;(H2,1,2,3,4)/p+1. The van der Waals surface area contributed by atoms with Crippen molar-refractivity contribution in [3.63, 3.8) is 0 Å². The van der Waals surface area contributed by atoms with E-state index in [0.29, 0.717) is 0 Å². The van der Waals surface area contributed by atoms with Gasteiger partial charge in [0.15, 0.2) is 0 Å². The molecule has 0 radical (unpaired) electrons. The Balaban J connectivity index is -0.0000000800. The molecule has 0 aliphatic heterocycles. The van der Waals surface area contributed by atoms with E-state index in [4.69, 9.17) is 27.4 Å². The molecule has 9 heavy (non-hydrogen) atoms. The summed E-state index contributed by atoms with van der Waals surface area (Å²) in [5.74, 6) is 0. The van der Waals surface area contributed by atoms with Gasteiger partial charge in [-0.1, -0.05) is 0 Å². The summed E-state index contributed by atoms with van der Waals surface area (Å²) in [4.78, 5) is 7.00. The maximum Gasteiger partial charge on any atom is 0.468 e. The zero-order valence-electron chi connectivity index (χ0n) is 3.91. The van der Waals surface area contributed by atoms with Gasteiger partial charge in [0.2, 0.25) is 0 Å². The van der Waals surface area contributed by atoms with Gasteiger partial charge in [-0.05, 0) is 0 Å². The molecule has 4 N–H and O–H groups in total. The molecule has 0 amide bonds. The maximum atomic E-state index is 8.74. The van der Waals surface area contributed by atoms with Crippen molar-refractivity contribution in [1.82, 2.24) is 0 Å². The van der Waals surface area contributed by atoms with Crippen LogP contribution in [0.4, 0.5) is 0 Å². The molecule has 8 heteroatoms. The Labute approximate surface area is 61.4 Å². The Kier molecular flexibility index (Phi) is 13.9. The van der Waals surface area contributed by atoms with Crippen LogP contribution in [-0.2, 0) is 26.9 Å². The van der Waals surface area contributed by atoms with E-state index in [0.717, 1.165) is 0 Å². The molecule has 0 aromatic carbocycles. The second-order valence-corrected chi connectivity index (χ2v) is 1.46. The molecule has 0 rings (SSSR count). The summed E-state index contributed by atoms with van der Waals surface area (Å²) in [5.41, 5.74) is 0. The monoisotopic (exact) mass is 203 g/mol. The van der Waals surface area contributed by atoms with Crippen LogP contribution in [-0.4, -0.2) is 33.9 Å². The summed E-state index contributed by atoms with van der Waals surface area (Å²) in [5, 5.41) is 7.00. The average Bonchev–Trinajstić information content (AvgIpc) is 1.27. The van der Waals surface area contributed by atoms with Gasteiger partial charge >= 0.3 is 16.9 Å². The van der Waals surface area contributed by atoms with Gasteiger partial charge in [0.1, 0.15) is 0 Å². The van der Waals surface area contributed by atoms with Crippen molar-refractivity contribution in [2.45, 2.75) is 0 Å². The first-order chi connectivity index (χ1) is 3.41. The second kappa shape index (κ2) is 7.83. The Morgan fingerprint density at radius 2 is 1.33 bits per heavy atom. The molecule has 0 unspecified atom stereocenters. The van der Waals surface area contributed by atoms with Gasteiger partial charge < -0.3 is 9.90 Å². The molecule has 0 bridgehead atoms. The van der Waals surface area contributed by atoms with Gasteiger partial charge in [-0.3, -0.25) is 9.11 Å².